The van der Waals surface area contributed by atoms with Crippen molar-refractivity contribution in [2.45, 2.75) is 6.10 Å². The Morgan fingerprint density at radius 1 is 1.04 bits per heavy atom. The molecule has 2 aromatic carbocycles. The number of carbonyl (C=O) groups is 2. The fourth-order valence-corrected chi connectivity index (χ4v) is 2.89. The maximum Gasteiger partial charge on any atom is 0.341 e. The number of anilines is 1. The topological polar surface area (TPSA) is 67.9 Å². The number of carbonyl (C=O) groups excluding carboxylic acids is 2. The molecule has 6 nitrogen and oxygen atoms in total. The minimum atomic E-state index is -0.980. The second-order valence-corrected chi connectivity index (χ2v) is 5.93. The summed E-state index contributed by atoms with van der Waals surface area (Å²) in [5.74, 6) is -0.764. The maximum atomic E-state index is 13.0. The van der Waals surface area contributed by atoms with Crippen molar-refractivity contribution in [2.24, 2.45) is 0 Å². The molecule has 0 radical (unpaired) electrons. The average molecular weight is 354 g/mol. The van der Waals surface area contributed by atoms with Gasteiger partial charge in [0.1, 0.15) is 0 Å². The van der Waals surface area contributed by atoms with E-state index >= 15 is 0 Å². The molecule has 1 aliphatic heterocycles. The van der Waals surface area contributed by atoms with Gasteiger partial charge in [0.15, 0.2) is 0 Å². The fourth-order valence-electron chi connectivity index (χ4n) is 2.89. The number of esters is 1. The normalized spacial score (nSPS) is 15.2. The number of para-hydroxylation sites is 1. The lowest BCUT2D eigenvalue weighted by atomic mass is 10.1. The summed E-state index contributed by atoms with van der Waals surface area (Å²) in [4.78, 5) is 27.4. The lowest BCUT2D eigenvalue weighted by Crippen LogP contribution is -2.44. The van der Waals surface area contributed by atoms with Gasteiger partial charge in [-0.25, -0.2) is 4.79 Å². The van der Waals surface area contributed by atoms with Crippen LogP contribution in [0.4, 0.5) is 5.69 Å². The van der Waals surface area contributed by atoms with Crippen LogP contribution in [0.2, 0.25) is 0 Å². The van der Waals surface area contributed by atoms with E-state index in [4.69, 9.17) is 9.47 Å². The number of morpholine rings is 1. The molecule has 26 heavy (non-hydrogen) atoms. The molecule has 1 atom stereocenters. The Hall–Kier alpha value is -2.86. The number of nitrogens with zero attached hydrogens (tertiary/aromatic N) is 1. The van der Waals surface area contributed by atoms with E-state index in [1.807, 2.05) is 24.3 Å². The first kappa shape index (κ1) is 17.9. The summed E-state index contributed by atoms with van der Waals surface area (Å²) in [5.41, 5.74) is 1.70. The van der Waals surface area contributed by atoms with Crippen molar-refractivity contribution in [3.05, 3.63) is 65.7 Å². The van der Waals surface area contributed by atoms with Crippen LogP contribution in [-0.4, -0.2) is 50.1 Å². The first-order chi connectivity index (χ1) is 12.7. The van der Waals surface area contributed by atoms with Gasteiger partial charge < -0.3 is 19.7 Å². The Labute approximate surface area is 152 Å². The van der Waals surface area contributed by atoms with Gasteiger partial charge >= 0.3 is 5.97 Å². The number of ether oxygens (including phenoxy) is 2. The average Bonchev–Trinajstić information content (AvgIpc) is 2.72. The van der Waals surface area contributed by atoms with Crippen LogP contribution in [0.25, 0.3) is 0 Å². The van der Waals surface area contributed by atoms with E-state index in [2.05, 4.69) is 5.32 Å². The Morgan fingerprint density at radius 2 is 1.69 bits per heavy atom. The largest absolute Gasteiger partial charge is 0.444 e. The third kappa shape index (κ3) is 4.03. The summed E-state index contributed by atoms with van der Waals surface area (Å²) < 4.78 is 11.0. The second-order valence-electron chi connectivity index (χ2n) is 5.93. The van der Waals surface area contributed by atoms with Gasteiger partial charge in [0, 0.05) is 31.4 Å². The first-order valence-electron chi connectivity index (χ1n) is 8.60. The molecule has 6 heteroatoms. The van der Waals surface area contributed by atoms with Crippen LogP contribution >= 0.6 is 0 Å². The molecule has 1 saturated heterocycles. The molecule has 0 bridgehead atoms. The summed E-state index contributed by atoms with van der Waals surface area (Å²) in [6.45, 7) is 1.97. The molecule has 0 aromatic heterocycles. The molecular weight excluding hydrogens is 332 g/mol. The highest BCUT2D eigenvalue weighted by Gasteiger charge is 2.31. The maximum absolute atomic E-state index is 13.0. The van der Waals surface area contributed by atoms with Crippen LogP contribution in [-0.2, 0) is 14.3 Å². The quantitative estimate of drug-likeness (QED) is 0.836. The number of hydrogen-bond acceptors (Lipinski definition) is 5. The standard InChI is InChI=1S/C20H22N2O4/c1-21-17-10-6-5-9-16(17)20(24)26-18(15-7-3-2-4-8-15)19(23)22-11-13-25-14-12-22/h2-10,18,21H,11-14H2,1H3/t18-/m0/s1. The molecule has 3 rings (SSSR count). The summed E-state index contributed by atoms with van der Waals surface area (Å²) in [5, 5.41) is 2.97. The van der Waals surface area contributed by atoms with Gasteiger partial charge in [-0.3, -0.25) is 4.79 Å². The predicted molar refractivity (Wildman–Crippen MR) is 98.0 cm³/mol. The van der Waals surface area contributed by atoms with Crippen LogP contribution in [0.1, 0.15) is 22.0 Å². The second kappa shape index (κ2) is 8.49. The number of nitrogens with one attached hydrogen (secondary N) is 1. The van der Waals surface area contributed by atoms with Crippen LogP contribution in [0.15, 0.2) is 54.6 Å². The zero-order valence-electron chi connectivity index (χ0n) is 14.7. The van der Waals surface area contributed by atoms with Gasteiger partial charge in [-0.2, -0.15) is 0 Å². The van der Waals surface area contributed by atoms with E-state index in [1.165, 1.54) is 0 Å². The molecule has 1 heterocycles. The van der Waals surface area contributed by atoms with Crippen LogP contribution in [0, 0.1) is 0 Å². The third-order valence-electron chi connectivity index (χ3n) is 4.29. The lowest BCUT2D eigenvalue weighted by molar-refractivity contribution is -0.145. The van der Waals surface area contributed by atoms with Gasteiger partial charge in [-0.1, -0.05) is 42.5 Å². The van der Waals surface area contributed by atoms with E-state index in [0.29, 0.717) is 43.1 Å². The number of rotatable bonds is 5. The monoisotopic (exact) mass is 354 g/mol. The fraction of sp³-hybridized carbons (Fsp3) is 0.300. The Morgan fingerprint density at radius 3 is 2.38 bits per heavy atom. The highest BCUT2D eigenvalue weighted by molar-refractivity contribution is 5.97. The van der Waals surface area contributed by atoms with Crippen molar-refractivity contribution in [1.82, 2.24) is 4.90 Å². The minimum absolute atomic E-state index is 0.227. The summed E-state index contributed by atoms with van der Waals surface area (Å²) >= 11 is 0. The SMILES string of the molecule is CNc1ccccc1C(=O)O[C@H](C(=O)N1CCOCC1)c1ccccc1. The Bertz CT molecular complexity index is 757. The zero-order valence-corrected chi connectivity index (χ0v) is 14.7. The smallest absolute Gasteiger partial charge is 0.341 e. The zero-order chi connectivity index (χ0) is 18.4. The number of hydrogen-bond donors (Lipinski definition) is 1. The Kier molecular flexibility index (Phi) is 5.86. The molecule has 1 fully saturated rings. The Balaban J connectivity index is 1.86. The van der Waals surface area contributed by atoms with Crippen molar-refractivity contribution in [1.29, 1.82) is 0 Å². The van der Waals surface area contributed by atoms with Crippen LogP contribution < -0.4 is 5.32 Å². The molecule has 136 valence electrons. The molecule has 2 aromatic rings. The third-order valence-corrected chi connectivity index (χ3v) is 4.29. The highest BCUT2D eigenvalue weighted by Crippen LogP contribution is 2.24. The van der Waals surface area contributed by atoms with E-state index in [-0.39, 0.29) is 5.91 Å². The molecule has 1 N–H and O–H groups in total. The first-order valence-corrected chi connectivity index (χ1v) is 8.60. The van der Waals surface area contributed by atoms with E-state index in [1.54, 1.807) is 42.3 Å². The minimum Gasteiger partial charge on any atom is -0.444 e. The summed E-state index contributed by atoms with van der Waals surface area (Å²) in [6.07, 6.45) is -0.980. The van der Waals surface area contributed by atoms with Crippen LogP contribution in [0.5, 0.6) is 0 Å². The molecule has 0 unspecified atom stereocenters. The van der Waals surface area contributed by atoms with Gasteiger partial charge in [0.2, 0.25) is 6.10 Å². The molecular formula is C20H22N2O4. The van der Waals surface area contributed by atoms with Crippen molar-refractivity contribution in [3.63, 3.8) is 0 Å². The van der Waals surface area contributed by atoms with Gasteiger partial charge in [-0.15, -0.1) is 0 Å². The molecule has 1 aliphatic rings. The molecule has 0 aliphatic carbocycles. The van der Waals surface area contributed by atoms with Gasteiger partial charge in [-0.05, 0) is 12.1 Å². The van der Waals surface area contributed by atoms with Gasteiger partial charge in [0.25, 0.3) is 5.91 Å². The van der Waals surface area contributed by atoms with E-state index in [9.17, 15) is 9.59 Å². The lowest BCUT2D eigenvalue weighted by Gasteiger charge is -2.30. The number of benzene rings is 2. The van der Waals surface area contributed by atoms with E-state index in [0.717, 1.165) is 0 Å². The van der Waals surface area contributed by atoms with E-state index < -0.39 is 12.1 Å². The predicted octanol–water partition coefficient (Wildman–Crippen LogP) is 2.49. The molecule has 1 amide bonds. The van der Waals surface area contributed by atoms with Crippen molar-refractivity contribution in [3.8, 4) is 0 Å². The summed E-state index contributed by atoms with van der Waals surface area (Å²) in [7, 11) is 1.74. The van der Waals surface area contributed by atoms with Gasteiger partial charge in [0.05, 0.1) is 18.8 Å². The highest BCUT2D eigenvalue weighted by atomic mass is 16.5. The van der Waals surface area contributed by atoms with Crippen molar-refractivity contribution >= 4 is 17.6 Å². The van der Waals surface area contributed by atoms with Crippen molar-refractivity contribution < 1.29 is 19.1 Å². The van der Waals surface area contributed by atoms with Crippen LogP contribution in [0.3, 0.4) is 0 Å². The summed E-state index contributed by atoms with van der Waals surface area (Å²) in [6, 6.07) is 16.1. The molecule has 0 spiro atoms. The van der Waals surface area contributed by atoms with Crippen molar-refractivity contribution in [2.75, 3.05) is 38.7 Å². The molecule has 0 saturated carbocycles. The number of amides is 1.